The summed E-state index contributed by atoms with van der Waals surface area (Å²) in [6.45, 7) is 1.67. The molecule has 0 aliphatic carbocycles. The van der Waals surface area contributed by atoms with E-state index >= 15 is 0 Å². The number of pyridine rings is 1. The minimum Gasteiger partial charge on any atom is -0.494 e. The SMILES string of the molecule is COc1cnccc1C(=O)N1CCCC(CCO)C1. The second-order valence-corrected chi connectivity index (χ2v) is 4.85. The van der Waals surface area contributed by atoms with Crippen LogP contribution in [0, 0.1) is 5.92 Å². The molecule has 1 aliphatic heterocycles. The molecule has 19 heavy (non-hydrogen) atoms. The summed E-state index contributed by atoms with van der Waals surface area (Å²) < 4.78 is 5.18. The van der Waals surface area contributed by atoms with Crippen molar-refractivity contribution in [2.24, 2.45) is 5.92 Å². The molecule has 1 fully saturated rings. The Hall–Kier alpha value is -1.62. The number of aliphatic hydroxyl groups excluding tert-OH is 1. The number of piperidine rings is 1. The number of aromatic nitrogens is 1. The molecule has 0 aromatic carbocycles. The molecule has 1 N–H and O–H groups in total. The molecule has 5 heteroatoms. The second kappa shape index (κ2) is 6.52. The summed E-state index contributed by atoms with van der Waals surface area (Å²) in [4.78, 5) is 18.3. The molecule has 2 heterocycles. The molecule has 1 aliphatic rings. The third kappa shape index (κ3) is 3.23. The van der Waals surface area contributed by atoms with Crippen LogP contribution >= 0.6 is 0 Å². The van der Waals surface area contributed by atoms with Crippen LogP contribution in [-0.2, 0) is 0 Å². The van der Waals surface area contributed by atoms with Crippen molar-refractivity contribution < 1.29 is 14.6 Å². The summed E-state index contributed by atoms with van der Waals surface area (Å²) >= 11 is 0. The highest BCUT2D eigenvalue weighted by atomic mass is 16.5. The van der Waals surface area contributed by atoms with Gasteiger partial charge in [-0.25, -0.2) is 0 Å². The van der Waals surface area contributed by atoms with Crippen molar-refractivity contribution in [1.29, 1.82) is 0 Å². The van der Waals surface area contributed by atoms with Crippen molar-refractivity contribution in [3.8, 4) is 5.75 Å². The third-order valence-corrected chi connectivity index (χ3v) is 3.58. The summed E-state index contributed by atoms with van der Waals surface area (Å²) in [5, 5.41) is 9.01. The Morgan fingerprint density at radius 1 is 1.63 bits per heavy atom. The molecule has 1 saturated heterocycles. The van der Waals surface area contributed by atoms with Crippen LogP contribution in [0.4, 0.5) is 0 Å². The number of amides is 1. The largest absolute Gasteiger partial charge is 0.494 e. The van der Waals surface area contributed by atoms with Gasteiger partial charge < -0.3 is 14.7 Å². The molecule has 1 unspecified atom stereocenters. The Morgan fingerprint density at radius 3 is 3.21 bits per heavy atom. The van der Waals surface area contributed by atoms with Crippen molar-refractivity contribution in [3.05, 3.63) is 24.0 Å². The summed E-state index contributed by atoms with van der Waals surface area (Å²) in [7, 11) is 1.54. The van der Waals surface area contributed by atoms with E-state index in [1.54, 1.807) is 25.6 Å². The molecule has 1 aromatic rings. The van der Waals surface area contributed by atoms with Gasteiger partial charge in [0.2, 0.25) is 0 Å². The molecule has 1 atom stereocenters. The van der Waals surface area contributed by atoms with E-state index in [-0.39, 0.29) is 12.5 Å². The Balaban J connectivity index is 2.10. The number of aliphatic hydroxyl groups is 1. The predicted octanol–water partition coefficient (Wildman–Crippen LogP) is 1.32. The smallest absolute Gasteiger partial charge is 0.257 e. The molecule has 0 saturated carbocycles. The fourth-order valence-electron chi connectivity index (χ4n) is 2.56. The van der Waals surface area contributed by atoms with E-state index in [4.69, 9.17) is 9.84 Å². The fourth-order valence-corrected chi connectivity index (χ4v) is 2.56. The summed E-state index contributed by atoms with van der Waals surface area (Å²) in [6, 6.07) is 1.69. The van der Waals surface area contributed by atoms with E-state index in [9.17, 15) is 4.79 Å². The maximum Gasteiger partial charge on any atom is 0.257 e. The van der Waals surface area contributed by atoms with Crippen LogP contribution in [0.3, 0.4) is 0 Å². The number of hydrogen-bond donors (Lipinski definition) is 1. The number of rotatable bonds is 4. The van der Waals surface area contributed by atoms with Crippen molar-refractivity contribution in [2.75, 3.05) is 26.8 Å². The van der Waals surface area contributed by atoms with Gasteiger partial charge in [-0.2, -0.15) is 0 Å². The Morgan fingerprint density at radius 2 is 2.47 bits per heavy atom. The van der Waals surface area contributed by atoms with Gasteiger partial charge >= 0.3 is 0 Å². The molecule has 1 aromatic heterocycles. The number of hydrogen-bond acceptors (Lipinski definition) is 4. The van der Waals surface area contributed by atoms with Crippen LogP contribution in [0.2, 0.25) is 0 Å². The molecular weight excluding hydrogens is 244 g/mol. The Bertz CT molecular complexity index is 434. The number of likely N-dealkylation sites (tertiary alicyclic amines) is 1. The van der Waals surface area contributed by atoms with Gasteiger partial charge in [-0.3, -0.25) is 9.78 Å². The van der Waals surface area contributed by atoms with E-state index in [2.05, 4.69) is 4.98 Å². The summed E-state index contributed by atoms with van der Waals surface area (Å²) in [5.41, 5.74) is 0.558. The van der Waals surface area contributed by atoms with E-state index in [1.165, 1.54) is 0 Å². The Labute approximate surface area is 113 Å². The quantitative estimate of drug-likeness (QED) is 0.891. The lowest BCUT2D eigenvalue weighted by molar-refractivity contribution is 0.0650. The minimum absolute atomic E-state index is 0.0121. The van der Waals surface area contributed by atoms with Gasteiger partial charge in [0.15, 0.2) is 0 Å². The zero-order chi connectivity index (χ0) is 13.7. The van der Waals surface area contributed by atoms with E-state index in [0.717, 1.165) is 25.8 Å². The van der Waals surface area contributed by atoms with Gasteiger partial charge in [0.05, 0.1) is 18.9 Å². The highest BCUT2D eigenvalue weighted by Gasteiger charge is 2.25. The van der Waals surface area contributed by atoms with Crippen LogP contribution in [-0.4, -0.2) is 47.7 Å². The molecule has 0 spiro atoms. The monoisotopic (exact) mass is 264 g/mol. The number of ether oxygens (including phenoxy) is 1. The summed E-state index contributed by atoms with van der Waals surface area (Å²) in [6.07, 6.45) is 5.99. The maximum absolute atomic E-state index is 12.5. The standard InChI is InChI=1S/C14H20N2O3/c1-19-13-9-15-6-4-12(13)14(18)16-7-2-3-11(10-16)5-8-17/h4,6,9,11,17H,2-3,5,7-8,10H2,1H3. The van der Waals surface area contributed by atoms with Gasteiger partial charge in [0.25, 0.3) is 5.91 Å². The van der Waals surface area contributed by atoms with Crippen molar-refractivity contribution in [1.82, 2.24) is 9.88 Å². The minimum atomic E-state index is -0.0121. The lowest BCUT2D eigenvalue weighted by atomic mass is 9.94. The van der Waals surface area contributed by atoms with Crippen molar-refractivity contribution in [2.45, 2.75) is 19.3 Å². The topological polar surface area (TPSA) is 62.7 Å². The molecule has 5 nitrogen and oxygen atoms in total. The average Bonchev–Trinajstić information content (AvgIpc) is 2.47. The number of carbonyl (C=O) groups is 1. The lowest BCUT2D eigenvalue weighted by Gasteiger charge is -2.32. The van der Waals surface area contributed by atoms with Gasteiger partial charge in [-0.05, 0) is 31.2 Å². The third-order valence-electron chi connectivity index (χ3n) is 3.58. The van der Waals surface area contributed by atoms with Crippen LogP contribution in [0.15, 0.2) is 18.5 Å². The first-order valence-electron chi connectivity index (χ1n) is 6.64. The molecule has 0 bridgehead atoms. The van der Waals surface area contributed by atoms with Gasteiger partial charge in [-0.15, -0.1) is 0 Å². The van der Waals surface area contributed by atoms with Gasteiger partial charge in [-0.1, -0.05) is 0 Å². The Kier molecular flexibility index (Phi) is 4.74. The number of methoxy groups -OCH3 is 1. The van der Waals surface area contributed by atoms with Crippen LogP contribution in [0.1, 0.15) is 29.6 Å². The molecular formula is C14H20N2O3. The van der Waals surface area contributed by atoms with Crippen molar-refractivity contribution >= 4 is 5.91 Å². The zero-order valence-corrected chi connectivity index (χ0v) is 11.2. The highest BCUT2D eigenvalue weighted by Crippen LogP contribution is 2.24. The average molecular weight is 264 g/mol. The summed E-state index contributed by atoms with van der Waals surface area (Å²) in [5.74, 6) is 0.897. The van der Waals surface area contributed by atoms with Gasteiger partial charge in [0.1, 0.15) is 5.75 Å². The van der Waals surface area contributed by atoms with E-state index < -0.39 is 0 Å². The number of nitrogens with zero attached hydrogens (tertiary/aromatic N) is 2. The molecule has 104 valence electrons. The van der Waals surface area contributed by atoms with Crippen molar-refractivity contribution in [3.63, 3.8) is 0 Å². The first-order valence-corrected chi connectivity index (χ1v) is 6.64. The molecule has 2 rings (SSSR count). The van der Waals surface area contributed by atoms with Crippen LogP contribution in [0.5, 0.6) is 5.75 Å². The molecule has 0 radical (unpaired) electrons. The predicted molar refractivity (Wildman–Crippen MR) is 71.1 cm³/mol. The number of carbonyl (C=O) groups excluding carboxylic acids is 1. The zero-order valence-electron chi connectivity index (χ0n) is 11.2. The fraction of sp³-hybridized carbons (Fsp3) is 0.571. The van der Waals surface area contributed by atoms with E-state index in [0.29, 0.717) is 23.8 Å². The maximum atomic E-state index is 12.5. The van der Waals surface area contributed by atoms with Crippen LogP contribution < -0.4 is 4.74 Å². The van der Waals surface area contributed by atoms with Gasteiger partial charge in [0, 0.05) is 25.9 Å². The van der Waals surface area contributed by atoms with Crippen LogP contribution in [0.25, 0.3) is 0 Å². The normalized spacial score (nSPS) is 19.3. The van der Waals surface area contributed by atoms with E-state index in [1.807, 2.05) is 4.90 Å². The second-order valence-electron chi connectivity index (χ2n) is 4.85. The first kappa shape index (κ1) is 13.8. The lowest BCUT2D eigenvalue weighted by Crippen LogP contribution is -2.40. The highest BCUT2D eigenvalue weighted by molar-refractivity contribution is 5.96. The molecule has 1 amide bonds. The first-order chi connectivity index (χ1) is 9.26.